The second-order valence-electron chi connectivity index (χ2n) is 9.10. The van der Waals surface area contributed by atoms with Crippen molar-refractivity contribution in [1.29, 1.82) is 0 Å². The first-order chi connectivity index (χ1) is 18.2. The highest BCUT2D eigenvalue weighted by atomic mass is 16.7. The molecule has 2 aromatic carbocycles. The Kier molecular flexibility index (Phi) is 8.77. The van der Waals surface area contributed by atoms with Crippen molar-refractivity contribution in [1.82, 2.24) is 0 Å². The van der Waals surface area contributed by atoms with Gasteiger partial charge in [-0.3, -0.25) is 0 Å². The Labute approximate surface area is 218 Å². The smallest absolute Gasteiger partial charge is 0.345 e. The van der Waals surface area contributed by atoms with Crippen molar-refractivity contribution >= 4 is 11.9 Å². The predicted molar refractivity (Wildman–Crippen MR) is 130 cm³/mol. The summed E-state index contributed by atoms with van der Waals surface area (Å²) < 4.78 is 21.8. The summed E-state index contributed by atoms with van der Waals surface area (Å²) >= 11 is 0. The molecule has 7 atom stereocenters. The Bertz CT molecular complexity index is 1140. The zero-order chi connectivity index (χ0) is 27.3. The van der Waals surface area contributed by atoms with Crippen LogP contribution in [-0.4, -0.2) is 86.5 Å². The van der Waals surface area contributed by atoms with E-state index >= 15 is 0 Å². The van der Waals surface area contributed by atoms with Gasteiger partial charge in [-0.25, -0.2) is 9.59 Å². The molecule has 1 fully saturated rings. The number of esters is 2. The van der Waals surface area contributed by atoms with Crippen LogP contribution in [0.5, 0.6) is 5.75 Å². The minimum absolute atomic E-state index is 0.125. The lowest BCUT2D eigenvalue weighted by atomic mass is 9.88. The number of allylic oxidation sites excluding steroid dienone is 1. The number of para-hydroxylation sites is 1. The van der Waals surface area contributed by atoms with Crippen LogP contribution in [0, 0.1) is 0 Å². The fraction of sp³-hybridized carbons (Fsp3) is 0.407. The number of carbonyl (C=O) groups is 2. The molecule has 2 aromatic rings. The zero-order valence-corrected chi connectivity index (χ0v) is 20.3. The first kappa shape index (κ1) is 27.7. The Balaban J connectivity index is 1.41. The number of aliphatic hydroxyl groups excluding tert-OH is 4. The van der Waals surface area contributed by atoms with E-state index < -0.39 is 61.0 Å². The summed E-state index contributed by atoms with van der Waals surface area (Å²) in [5.41, 5.74) is -1.54. The zero-order valence-electron chi connectivity index (χ0n) is 20.3. The second kappa shape index (κ2) is 12.0. The second-order valence-corrected chi connectivity index (χ2v) is 9.10. The van der Waals surface area contributed by atoms with Crippen molar-refractivity contribution in [2.75, 3.05) is 6.61 Å². The molecule has 0 unspecified atom stereocenters. The summed E-state index contributed by atoms with van der Waals surface area (Å²) in [5.74, 6) is -1.57. The van der Waals surface area contributed by atoms with Gasteiger partial charge in [0.15, 0.2) is 0 Å². The fourth-order valence-corrected chi connectivity index (χ4v) is 4.14. The Morgan fingerprint density at radius 3 is 2.37 bits per heavy atom. The van der Waals surface area contributed by atoms with Gasteiger partial charge in [0, 0.05) is 5.56 Å². The lowest BCUT2D eigenvalue weighted by Gasteiger charge is -2.40. The highest BCUT2D eigenvalue weighted by molar-refractivity contribution is 5.89. The van der Waals surface area contributed by atoms with Gasteiger partial charge in [0.25, 0.3) is 0 Å². The van der Waals surface area contributed by atoms with E-state index in [1.807, 2.05) is 0 Å². The Morgan fingerprint density at radius 2 is 1.63 bits per heavy atom. The summed E-state index contributed by atoms with van der Waals surface area (Å²) in [6.07, 6.45) is -5.40. The van der Waals surface area contributed by atoms with Crippen molar-refractivity contribution in [2.45, 2.75) is 61.9 Å². The quantitative estimate of drug-likeness (QED) is 0.233. The third-order valence-electron chi connectivity index (χ3n) is 6.44. The SMILES string of the molecule is O=C(OC[C@@H]1O[C@@H](Oc2ccccc2COC(=O)[C@@]2(O)C=CCC[C@H]2O)[C@H](O)[C@@H](O)[C@@H]1O)c1ccccc1. The van der Waals surface area contributed by atoms with Crippen LogP contribution in [0.25, 0.3) is 0 Å². The van der Waals surface area contributed by atoms with Crippen molar-refractivity contribution in [3.8, 4) is 5.75 Å². The maximum atomic E-state index is 12.5. The molecule has 2 aliphatic rings. The molecule has 0 aromatic heterocycles. The van der Waals surface area contributed by atoms with E-state index in [0.29, 0.717) is 12.0 Å². The first-order valence-electron chi connectivity index (χ1n) is 12.1. The van der Waals surface area contributed by atoms with E-state index in [4.69, 9.17) is 18.9 Å². The fourth-order valence-electron chi connectivity index (χ4n) is 4.14. The molecule has 38 heavy (non-hydrogen) atoms. The standard InChI is InChI=1S/C27H30O11/c28-20-12-6-7-13-27(20,34)26(33)36-14-17-10-4-5-11-18(17)37-25-23(31)22(30)21(29)19(38-25)15-35-24(32)16-8-2-1-3-9-16/h1-5,7-11,13,19-23,25,28-31,34H,6,12,14-15H2/t19-,20+,21+,22-,23+,25+,27+/m0/s1. The minimum atomic E-state index is -2.17. The van der Waals surface area contributed by atoms with Crippen LogP contribution in [0.15, 0.2) is 66.7 Å². The molecular weight excluding hydrogens is 500 g/mol. The molecule has 204 valence electrons. The average Bonchev–Trinajstić information content (AvgIpc) is 2.93. The number of carbonyl (C=O) groups excluding carboxylic acids is 2. The molecule has 1 heterocycles. The van der Waals surface area contributed by atoms with E-state index in [1.165, 1.54) is 12.1 Å². The highest BCUT2D eigenvalue weighted by Gasteiger charge is 2.46. The molecule has 11 heteroatoms. The van der Waals surface area contributed by atoms with Gasteiger partial charge in [-0.2, -0.15) is 0 Å². The molecule has 0 saturated carbocycles. The molecule has 0 spiro atoms. The van der Waals surface area contributed by atoms with Crippen LogP contribution in [-0.2, 0) is 25.6 Å². The van der Waals surface area contributed by atoms with Gasteiger partial charge in [0.05, 0.1) is 11.7 Å². The van der Waals surface area contributed by atoms with Crippen LogP contribution in [0.1, 0.15) is 28.8 Å². The normalized spacial score (nSPS) is 30.9. The third-order valence-corrected chi connectivity index (χ3v) is 6.44. The molecule has 11 nitrogen and oxygen atoms in total. The number of ether oxygens (including phenoxy) is 4. The van der Waals surface area contributed by atoms with Crippen LogP contribution in [0.2, 0.25) is 0 Å². The minimum Gasteiger partial charge on any atom is -0.462 e. The Hall–Kier alpha value is -3.32. The van der Waals surface area contributed by atoms with Gasteiger partial charge < -0.3 is 44.5 Å². The average molecular weight is 531 g/mol. The Morgan fingerprint density at radius 1 is 0.921 bits per heavy atom. The molecular formula is C27H30O11. The summed E-state index contributed by atoms with van der Waals surface area (Å²) in [7, 11) is 0. The van der Waals surface area contributed by atoms with E-state index in [-0.39, 0.29) is 24.3 Å². The lowest BCUT2D eigenvalue weighted by Crippen LogP contribution is -2.60. The van der Waals surface area contributed by atoms with Crippen LogP contribution in [0.4, 0.5) is 0 Å². The van der Waals surface area contributed by atoms with Gasteiger partial charge in [-0.15, -0.1) is 0 Å². The summed E-state index contributed by atoms with van der Waals surface area (Å²) in [5, 5.41) is 51.8. The molecule has 1 saturated heterocycles. The molecule has 1 aliphatic heterocycles. The monoisotopic (exact) mass is 530 g/mol. The van der Waals surface area contributed by atoms with Crippen LogP contribution >= 0.6 is 0 Å². The lowest BCUT2D eigenvalue weighted by molar-refractivity contribution is -0.277. The van der Waals surface area contributed by atoms with E-state index in [1.54, 1.807) is 54.6 Å². The van der Waals surface area contributed by atoms with Crippen LogP contribution in [0.3, 0.4) is 0 Å². The predicted octanol–water partition coefficient (Wildman–Crippen LogP) is 0.215. The number of rotatable bonds is 8. The maximum Gasteiger partial charge on any atom is 0.345 e. The van der Waals surface area contributed by atoms with Crippen LogP contribution < -0.4 is 4.74 Å². The van der Waals surface area contributed by atoms with E-state index in [9.17, 15) is 35.1 Å². The van der Waals surface area contributed by atoms with Gasteiger partial charge in [-0.05, 0) is 37.1 Å². The largest absolute Gasteiger partial charge is 0.462 e. The van der Waals surface area contributed by atoms with Gasteiger partial charge in [0.2, 0.25) is 11.9 Å². The number of aliphatic hydroxyl groups is 5. The third kappa shape index (κ3) is 6.04. The molecule has 0 amide bonds. The number of benzene rings is 2. The van der Waals surface area contributed by atoms with Crippen molar-refractivity contribution in [3.05, 3.63) is 77.9 Å². The molecule has 4 rings (SSSR count). The topological polar surface area (TPSA) is 172 Å². The number of hydrogen-bond donors (Lipinski definition) is 5. The molecule has 0 radical (unpaired) electrons. The molecule has 1 aliphatic carbocycles. The van der Waals surface area contributed by atoms with Gasteiger partial charge in [0.1, 0.15) is 43.4 Å². The van der Waals surface area contributed by atoms with E-state index in [0.717, 1.165) is 0 Å². The number of hydrogen-bond acceptors (Lipinski definition) is 11. The van der Waals surface area contributed by atoms with Crippen molar-refractivity contribution < 1.29 is 54.1 Å². The van der Waals surface area contributed by atoms with Crippen molar-refractivity contribution in [3.63, 3.8) is 0 Å². The van der Waals surface area contributed by atoms with Gasteiger partial charge in [-0.1, -0.05) is 42.5 Å². The summed E-state index contributed by atoms with van der Waals surface area (Å²) in [6.45, 7) is -0.768. The highest BCUT2D eigenvalue weighted by Crippen LogP contribution is 2.29. The summed E-state index contributed by atoms with van der Waals surface area (Å²) in [4.78, 5) is 24.8. The molecule has 5 N–H and O–H groups in total. The maximum absolute atomic E-state index is 12.5. The first-order valence-corrected chi connectivity index (χ1v) is 12.1. The van der Waals surface area contributed by atoms with E-state index in [2.05, 4.69) is 0 Å². The molecule has 0 bridgehead atoms. The van der Waals surface area contributed by atoms with Gasteiger partial charge >= 0.3 is 11.9 Å². The summed E-state index contributed by atoms with van der Waals surface area (Å²) in [6, 6.07) is 14.5. The van der Waals surface area contributed by atoms with Crippen molar-refractivity contribution in [2.24, 2.45) is 0 Å².